The predicted octanol–water partition coefficient (Wildman–Crippen LogP) is 2.44. The Morgan fingerprint density at radius 1 is 1.00 bits per heavy atom. The molecule has 16 heavy (non-hydrogen) atoms. The van der Waals surface area contributed by atoms with Crippen molar-refractivity contribution in [3.05, 3.63) is 65.5 Å². The Balaban J connectivity index is 2.38. The predicted molar refractivity (Wildman–Crippen MR) is 54.7 cm³/mol. The van der Waals surface area contributed by atoms with Crippen molar-refractivity contribution in [2.45, 2.75) is 6.10 Å². The van der Waals surface area contributed by atoms with E-state index < -0.39 is 18.0 Å². The van der Waals surface area contributed by atoms with Crippen LogP contribution in [0.5, 0.6) is 0 Å². The zero-order chi connectivity index (χ0) is 11.5. The first-order valence-electron chi connectivity index (χ1n) is 4.73. The van der Waals surface area contributed by atoms with Gasteiger partial charge in [-0.3, -0.25) is 0 Å². The first-order valence-corrected chi connectivity index (χ1v) is 4.73. The van der Waals surface area contributed by atoms with Crippen molar-refractivity contribution < 1.29 is 13.9 Å². The van der Waals surface area contributed by atoms with Crippen molar-refractivity contribution in [3.8, 4) is 0 Å². The van der Waals surface area contributed by atoms with Gasteiger partial charge in [-0.25, -0.2) is 0 Å². The van der Waals surface area contributed by atoms with Gasteiger partial charge in [0.2, 0.25) is 11.9 Å². The van der Waals surface area contributed by atoms with E-state index >= 15 is 0 Å². The van der Waals surface area contributed by atoms with Gasteiger partial charge < -0.3 is 5.11 Å². The van der Waals surface area contributed by atoms with Crippen molar-refractivity contribution in [1.29, 1.82) is 0 Å². The summed E-state index contributed by atoms with van der Waals surface area (Å²) in [6.07, 6.45) is -1.13. The number of benzene rings is 1. The summed E-state index contributed by atoms with van der Waals surface area (Å²) in [6, 6.07) is 10.8. The molecular formula is C12H9F2NO. The maximum absolute atomic E-state index is 13.3. The van der Waals surface area contributed by atoms with E-state index in [4.69, 9.17) is 0 Å². The van der Waals surface area contributed by atoms with Gasteiger partial charge >= 0.3 is 0 Å². The van der Waals surface area contributed by atoms with Gasteiger partial charge in [0.05, 0.1) is 0 Å². The monoisotopic (exact) mass is 221 g/mol. The van der Waals surface area contributed by atoms with Crippen LogP contribution in [0.4, 0.5) is 8.78 Å². The maximum atomic E-state index is 13.3. The van der Waals surface area contributed by atoms with Gasteiger partial charge in [-0.1, -0.05) is 30.3 Å². The molecule has 2 rings (SSSR count). The van der Waals surface area contributed by atoms with Crippen molar-refractivity contribution in [3.63, 3.8) is 0 Å². The highest BCUT2D eigenvalue weighted by molar-refractivity contribution is 5.28. The molecule has 0 aliphatic carbocycles. The number of aliphatic hydroxyl groups excluding tert-OH is 1. The third-order valence-corrected chi connectivity index (χ3v) is 2.25. The highest BCUT2D eigenvalue weighted by Gasteiger charge is 2.16. The molecule has 0 fully saturated rings. The Bertz CT molecular complexity index is 488. The first kappa shape index (κ1) is 10.7. The van der Waals surface area contributed by atoms with Gasteiger partial charge in [-0.15, -0.1) is 0 Å². The van der Waals surface area contributed by atoms with Crippen LogP contribution < -0.4 is 0 Å². The topological polar surface area (TPSA) is 33.1 Å². The molecule has 1 heterocycles. The second kappa shape index (κ2) is 4.37. The number of aromatic nitrogens is 1. The third-order valence-electron chi connectivity index (χ3n) is 2.25. The molecule has 0 spiro atoms. The molecule has 1 N–H and O–H groups in total. The average molecular weight is 221 g/mol. The summed E-state index contributed by atoms with van der Waals surface area (Å²) >= 11 is 0. The molecule has 0 radical (unpaired) electrons. The average Bonchev–Trinajstić information content (AvgIpc) is 2.29. The molecule has 1 atom stereocenters. The van der Waals surface area contributed by atoms with E-state index in [-0.39, 0.29) is 5.56 Å². The molecule has 2 nitrogen and oxygen atoms in total. The van der Waals surface area contributed by atoms with Gasteiger partial charge in [0, 0.05) is 5.56 Å². The van der Waals surface area contributed by atoms with Crippen LogP contribution in [-0.4, -0.2) is 10.1 Å². The minimum absolute atomic E-state index is 0.0346. The number of halogens is 2. The Hall–Kier alpha value is -1.81. The molecule has 1 aromatic carbocycles. The first-order chi connectivity index (χ1) is 7.68. The van der Waals surface area contributed by atoms with Gasteiger partial charge in [-0.05, 0) is 17.7 Å². The molecule has 0 saturated carbocycles. The van der Waals surface area contributed by atoms with E-state index in [0.717, 1.165) is 6.07 Å². The summed E-state index contributed by atoms with van der Waals surface area (Å²) in [5.74, 6) is -1.89. The Labute approximate surface area is 91.2 Å². The quantitative estimate of drug-likeness (QED) is 0.790. The van der Waals surface area contributed by atoms with Gasteiger partial charge in [0.25, 0.3) is 0 Å². The Morgan fingerprint density at radius 2 is 1.69 bits per heavy atom. The Kier molecular flexibility index (Phi) is 2.92. The van der Waals surface area contributed by atoms with Crippen LogP contribution in [0.15, 0.2) is 42.5 Å². The third kappa shape index (κ3) is 2.06. The van der Waals surface area contributed by atoms with Crippen LogP contribution >= 0.6 is 0 Å². The number of hydrogen-bond acceptors (Lipinski definition) is 2. The summed E-state index contributed by atoms with van der Waals surface area (Å²) in [4.78, 5) is 3.03. The molecule has 82 valence electrons. The summed E-state index contributed by atoms with van der Waals surface area (Å²) in [7, 11) is 0. The number of nitrogens with zero attached hydrogens (tertiary/aromatic N) is 1. The highest BCUT2D eigenvalue weighted by Crippen LogP contribution is 2.23. The molecule has 2 aromatic rings. The standard InChI is InChI=1S/C12H9F2NO/c13-10-7-6-9(12(14)15-10)11(16)8-4-2-1-3-5-8/h1-7,11,16H. The van der Waals surface area contributed by atoms with Crippen LogP contribution in [0.2, 0.25) is 0 Å². The number of rotatable bonds is 2. The second-order valence-electron chi connectivity index (χ2n) is 3.33. The van der Waals surface area contributed by atoms with E-state index in [0.29, 0.717) is 5.56 Å². The van der Waals surface area contributed by atoms with E-state index in [1.165, 1.54) is 6.07 Å². The lowest BCUT2D eigenvalue weighted by atomic mass is 10.0. The fourth-order valence-electron chi connectivity index (χ4n) is 1.44. The van der Waals surface area contributed by atoms with Crippen molar-refractivity contribution in [1.82, 2.24) is 4.98 Å². The zero-order valence-corrected chi connectivity index (χ0v) is 8.27. The molecule has 0 aliphatic heterocycles. The van der Waals surface area contributed by atoms with Crippen LogP contribution in [0.25, 0.3) is 0 Å². The molecule has 1 unspecified atom stereocenters. The molecule has 4 heteroatoms. The van der Waals surface area contributed by atoms with Gasteiger partial charge in [-0.2, -0.15) is 13.8 Å². The highest BCUT2D eigenvalue weighted by atomic mass is 19.1. The summed E-state index contributed by atoms with van der Waals surface area (Å²) in [5.41, 5.74) is 0.502. The lowest BCUT2D eigenvalue weighted by molar-refractivity contribution is 0.213. The maximum Gasteiger partial charge on any atom is 0.221 e. The molecular weight excluding hydrogens is 212 g/mol. The smallest absolute Gasteiger partial charge is 0.221 e. The number of aliphatic hydroxyl groups is 1. The van der Waals surface area contributed by atoms with Crippen molar-refractivity contribution in [2.24, 2.45) is 0 Å². The van der Waals surface area contributed by atoms with Crippen LogP contribution in [0, 0.1) is 11.9 Å². The van der Waals surface area contributed by atoms with Crippen LogP contribution in [0.1, 0.15) is 17.2 Å². The lowest BCUT2D eigenvalue weighted by Crippen LogP contribution is -2.04. The number of pyridine rings is 1. The van der Waals surface area contributed by atoms with E-state index in [1.807, 2.05) is 0 Å². The van der Waals surface area contributed by atoms with Gasteiger partial charge in [0.15, 0.2) is 0 Å². The number of hydrogen-bond donors (Lipinski definition) is 1. The lowest BCUT2D eigenvalue weighted by Gasteiger charge is -2.11. The van der Waals surface area contributed by atoms with Gasteiger partial charge in [0.1, 0.15) is 6.10 Å². The SMILES string of the molecule is OC(c1ccccc1)c1ccc(F)nc1F. The molecule has 0 saturated heterocycles. The van der Waals surface area contributed by atoms with Crippen LogP contribution in [0.3, 0.4) is 0 Å². The zero-order valence-electron chi connectivity index (χ0n) is 8.27. The normalized spacial score (nSPS) is 12.4. The van der Waals surface area contributed by atoms with E-state index in [1.54, 1.807) is 30.3 Å². The Morgan fingerprint density at radius 3 is 2.31 bits per heavy atom. The summed E-state index contributed by atoms with van der Waals surface area (Å²) in [5, 5.41) is 9.86. The second-order valence-corrected chi connectivity index (χ2v) is 3.33. The fraction of sp³-hybridized carbons (Fsp3) is 0.0833. The largest absolute Gasteiger partial charge is 0.383 e. The summed E-state index contributed by atoms with van der Waals surface area (Å²) in [6.45, 7) is 0. The van der Waals surface area contributed by atoms with Crippen molar-refractivity contribution in [2.75, 3.05) is 0 Å². The molecule has 1 aromatic heterocycles. The fourth-order valence-corrected chi connectivity index (χ4v) is 1.44. The molecule has 0 amide bonds. The summed E-state index contributed by atoms with van der Waals surface area (Å²) < 4.78 is 25.9. The van der Waals surface area contributed by atoms with E-state index in [9.17, 15) is 13.9 Å². The minimum Gasteiger partial charge on any atom is -0.383 e. The molecule has 0 bridgehead atoms. The van der Waals surface area contributed by atoms with Crippen molar-refractivity contribution >= 4 is 0 Å². The molecule has 0 aliphatic rings. The van der Waals surface area contributed by atoms with Crippen LogP contribution in [-0.2, 0) is 0 Å². The minimum atomic E-state index is -1.13. The van der Waals surface area contributed by atoms with E-state index in [2.05, 4.69) is 4.98 Å².